The van der Waals surface area contributed by atoms with Crippen LogP contribution in [0.3, 0.4) is 0 Å². The summed E-state index contributed by atoms with van der Waals surface area (Å²) in [4.78, 5) is 8.64. The van der Waals surface area contributed by atoms with E-state index in [0.717, 1.165) is 4.21 Å². The van der Waals surface area contributed by atoms with Crippen LogP contribution in [0.1, 0.15) is 0 Å². The fraction of sp³-hybridized carbons (Fsp3) is 0. The van der Waals surface area contributed by atoms with Gasteiger partial charge in [0.05, 0.1) is 10.4 Å². The third-order valence-corrected chi connectivity index (χ3v) is 4.63. The summed E-state index contributed by atoms with van der Waals surface area (Å²) < 4.78 is 10.7. The highest BCUT2D eigenvalue weighted by molar-refractivity contribution is 9.10. The minimum Gasteiger partial charge on any atom is -0.436 e. The predicted octanol–water partition coefficient (Wildman–Crippen LogP) is 5.21. The van der Waals surface area contributed by atoms with Crippen LogP contribution in [-0.4, -0.2) is 9.97 Å². The molecule has 0 amide bonds. The smallest absolute Gasteiger partial charge is 0.264 e. The van der Waals surface area contributed by atoms with E-state index in [4.69, 9.17) is 4.74 Å². The number of benzene rings is 1. The first-order valence-corrected chi connectivity index (χ1v) is 8.52. The van der Waals surface area contributed by atoms with Gasteiger partial charge in [-0.25, -0.2) is 9.97 Å². The Bertz CT molecular complexity index is 708. The van der Waals surface area contributed by atoms with Crippen molar-refractivity contribution in [1.82, 2.24) is 9.97 Å². The van der Waals surface area contributed by atoms with Gasteiger partial charge in [-0.2, -0.15) is 0 Å². The third kappa shape index (κ3) is 3.96. The molecule has 3 aromatic rings. The van der Waals surface area contributed by atoms with E-state index in [1.165, 1.54) is 11.9 Å². The Morgan fingerprint density at radius 2 is 2.00 bits per heavy atom. The minimum absolute atomic E-state index is 0.430. The summed E-state index contributed by atoms with van der Waals surface area (Å²) >= 11 is 6.45. The molecule has 0 aliphatic rings. The fourth-order valence-corrected chi connectivity index (χ4v) is 3.19. The van der Waals surface area contributed by atoms with Gasteiger partial charge in [0.15, 0.2) is 5.82 Å². The van der Waals surface area contributed by atoms with Gasteiger partial charge in [-0.05, 0) is 51.5 Å². The van der Waals surface area contributed by atoms with Gasteiger partial charge < -0.3 is 9.46 Å². The van der Waals surface area contributed by atoms with Crippen molar-refractivity contribution >= 4 is 45.0 Å². The van der Waals surface area contributed by atoms with Gasteiger partial charge in [0.1, 0.15) is 10.4 Å². The molecule has 0 atom stereocenters. The van der Waals surface area contributed by atoms with Crippen LogP contribution in [0.5, 0.6) is 11.6 Å². The van der Waals surface area contributed by atoms with Crippen LogP contribution in [0.25, 0.3) is 0 Å². The predicted molar refractivity (Wildman–Crippen MR) is 90.0 cm³/mol. The highest BCUT2D eigenvalue weighted by Gasteiger charge is 2.10. The molecule has 0 saturated heterocycles. The Morgan fingerprint density at radius 3 is 2.76 bits per heavy atom. The fourth-order valence-electron chi connectivity index (χ4n) is 1.51. The molecule has 7 heteroatoms. The summed E-state index contributed by atoms with van der Waals surface area (Å²) in [5, 5.41) is 2.03. The van der Waals surface area contributed by atoms with Crippen molar-refractivity contribution in [3.63, 3.8) is 0 Å². The van der Waals surface area contributed by atoms with Gasteiger partial charge in [0.2, 0.25) is 0 Å². The van der Waals surface area contributed by atoms with E-state index in [1.807, 2.05) is 47.8 Å². The molecule has 0 spiro atoms. The number of ether oxygens (including phenoxy) is 1. The average molecular weight is 380 g/mol. The molecule has 0 aliphatic carbocycles. The van der Waals surface area contributed by atoms with Gasteiger partial charge in [0.25, 0.3) is 5.88 Å². The van der Waals surface area contributed by atoms with Crippen molar-refractivity contribution in [2.75, 3.05) is 4.72 Å². The van der Waals surface area contributed by atoms with Crippen LogP contribution in [0, 0.1) is 0 Å². The van der Waals surface area contributed by atoms with Crippen LogP contribution in [0.2, 0.25) is 0 Å². The lowest BCUT2D eigenvalue weighted by molar-refractivity contribution is 0.462. The standard InChI is InChI=1S/C14H10BrN3OS2/c15-11-9-16-13(18-21-12-7-4-8-20-12)14(17-11)19-10-5-2-1-3-6-10/h1-9H,(H,16,18). The third-order valence-electron chi connectivity index (χ3n) is 2.41. The number of halogens is 1. The van der Waals surface area contributed by atoms with E-state index in [-0.39, 0.29) is 0 Å². The zero-order valence-corrected chi connectivity index (χ0v) is 13.9. The van der Waals surface area contributed by atoms with Crippen LogP contribution < -0.4 is 9.46 Å². The number of hydrogen-bond acceptors (Lipinski definition) is 6. The van der Waals surface area contributed by atoms with Crippen LogP contribution in [0.4, 0.5) is 5.82 Å². The Kier molecular flexibility index (Phi) is 4.74. The quantitative estimate of drug-likeness (QED) is 0.616. The normalized spacial score (nSPS) is 10.3. The highest BCUT2D eigenvalue weighted by atomic mass is 79.9. The summed E-state index contributed by atoms with van der Waals surface area (Å²) in [7, 11) is 0. The molecule has 0 fully saturated rings. The number of nitrogens with one attached hydrogen (secondary N) is 1. The van der Waals surface area contributed by atoms with E-state index < -0.39 is 0 Å². The number of nitrogens with zero attached hydrogens (tertiary/aromatic N) is 2. The molecule has 0 unspecified atom stereocenters. The molecule has 2 heterocycles. The summed E-state index contributed by atoms with van der Waals surface area (Å²) in [5.41, 5.74) is 0. The molecule has 21 heavy (non-hydrogen) atoms. The number of para-hydroxylation sites is 1. The number of anilines is 1. The first-order chi connectivity index (χ1) is 10.3. The maximum Gasteiger partial charge on any atom is 0.264 e. The van der Waals surface area contributed by atoms with E-state index in [1.54, 1.807) is 17.5 Å². The number of hydrogen-bond donors (Lipinski definition) is 1. The van der Waals surface area contributed by atoms with Crippen molar-refractivity contribution in [2.24, 2.45) is 0 Å². The zero-order chi connectivity index (χ0) is 14.5. The van der Waals surface area contributed by atoms with Crippen molar-refractivity contribution in [3.8, 4) is 11.6 Å². The van der Waals surface area contributed by atoms with Crippen LogP contribution in [0.15, 0.2) is 62.9 Å². The second-order valence-electron chi connectivity index (χ2n) is 3.90. The lowest BCUT2D eigenvalue weighted by atomic mass is 10.3. The topological polar surface area (TPSA) is 47.0 Å². The largest absolute Gasteiger partial charge is 0.436 e. The van der Waals surface area contributed by atoms with Crippen molar-refractivity contribution in [2.45, 2.75) is 4.21 Å². The SMILES string of the molecule is Brc1cnc(NSc2cccs2)c(Oc2ccccc2)n1. The molecule has 1 aromatic carbocycles. The monoisotopic (exact) mass is 379 g/mol. The molecule has 0 aliphatic heterocycles. The van der Waals surface area contributed by atoms with Crippen molar-refractivity contribution in [3.05, 3.63) is 58.6 Å². The first kappa shape index (κ1) is 14.4. The van der Waals surface area contributed by atoms with E-state index in [0.29, 0.717) is 22.1 Å². The molecule has 0 saturated carbocycles. The van der Waals surface area contributed by atoms with Crippen LogP contribution in [-0.2, 0) is 0 Å². The summed E-state index contributed by atoms with van der Waals surface area (Å²) in [6.45, 7) is 0. The molecule has 2 aromatic heterocycles. The lowest BCUT2D eigenvalue weighted by Crippen LogP contribution is -1.97. The number of thiophene rings is 1. The molecule has 1 N–H and O–H groups in total. The maximum absolute atomic E-state index is 5.78. The molecule has 0 radical (unpaired) electrons. The van der Waals surface area contributed by atoms with Gasteiger partial charge in [0, 0.05) is 0 Å². The summed E-state index contributed by atoms with van der Waals surface area (Å²) in [5.74, 6) is 1.73. The average Bonchev–Trinajstić information content (AvgIpc) is 3.01. The van der Waals surface area contributed by atoms with E-state index in [2.05, 4.69) is 30.6 Å². The summed E-state index contributed by atoms with van der Waals surface area (Å²) in [6, 6.07) is 13.5. The Labute approximate surface area is 138 Å². The van der Waals surface area contributed by atoms with Gasteiger partial charge >= 0.3 is 0 Å². The highest BCUT2D eigenvalue weighted by Crippen LogP contribution is 2.31. The van der Waals surface area contributed by atoms with Crippen molar-refractivity contribution < 1.29 is 4.74 Å². The van der Waals surface area contributed by atoms with E-state index >= 15 is 0 Å². The first-order valence-electron chi connectivity index (χ1n) is 6.03. The number of aromatic nitrogens is 2. The second kappa shape index (κ2) is 6.93. The van der Waals surface area contributed by atoms with Gasteiger partial charge in [-0.3, -0.25) is 0 Å². The van der Waals surface area contributed by atoms with Crippen LogP contribution >= 0.6 is 39.2 Å². The molecule has 106 valence electrons. The molecule has 4 nitrogen and oxygen atoms in total. The molecular formula is C14H10BrN3OS2. The van der Waals surface area contributed by atoms with Crippen molar-refractivity contribution in [1.29, 1.82) is 0 Å². The molecular weight excluding hydrogens is 370 g/mol. The minimum atomic E-state index is 0.430. The number of rotatable bonds is 5. The molecule has 0 bridgehead atoms. The Balaban J connectivity index is 1.79. The van der Waals surface area contributed by atoms with Gasteiger partial charge in [-0.1, -0.05) is 24.3 Å². The molecule has 3 rings (SSSR count). The Hall–Kier alpha value is -1.57. The maximum atomic E-state index is 5.78. The summed E-state index contributed by atoms with van der Waals surface area (Å²) in [6.07, 6.45) is 1.63. The van der Waals surface area contributed by atoms with Gasteiger partial charge in [-0.15, -0.1) is 11.3 Å². The second-order valence-corrected chi connectivity index (χ2v) is 6.76. The zero-order valence-electron chi connectivity index (χ0n) is 10.7. The lowest BCUT2D eigenvalue weighted by Gasteiger charge is -2.10. The Morgan fingerprint density at radius 1 is 1.14 bits per heavy atom. The van der Waals surface area contributed by atoms with E-state index in [9.17, 15) is 0 Å².